The quantitative estimate of drug-likeness (QED) is 0.601. The van der Waals surface area contributed by atoms with E-state index in [9.17, 15) is 18.0 Å². The van der Waals surface area contributed by atoms with Crippen LogP contribution in [0.15, 0.2) is 53.1 Å². The molecule has 0 spiro atoms. The summed E-state index contributed by atoms with van der Waals surface area (Å²) in [6.45, 7) is 3.29. The molecule has 2 heterocycles. The van der Waals surface area contributed by atoms with Gasteiger partial charge < -0.3 is 25.3 Å². The van der Waals surface area contributed by atoms with Crippen molar-refractivity contribution in [3.8, 4) is 0 Å². The van der Waals surface area contributed by atoms with E-state index in [-0.39, 0.29) is 5.69 Å². The molecule has 29 heavy (non-hydrogen) atoms. The van der Waals surface area contributed by atoms with Crippen molar-refractivity contribution >= 4 is 34.1 Å². The number of rotatable bonds is 3. The molecule has 1 fully saturated rings. The Morgan fingerprint density at radius 3 is 2.55 bits per heavy atom. The third kappa shape index (κ3) is 4.29. The maximum Gasteiger partial charge on any atom is 0.416 e. The Balaban J connectivity index is 1.54. The van der Waals surface area contributed by atoms with Crippen LogP contribution in [0.4, 0.5) is 35.0 Å². The van der Waals surface area contributed by atoms with Crippen molar-refractivity contribution in [3.05, 3.63) is 54.3 Å². The van der Waals surface area contributed by atoms with Crippen LogP contribution in [-0.2, 0) is 6.18 Å². The number of hydrogen-bond donors (Lipinski definition) is 3. The summed E-state index contributed by atoms with van der Waals surface area (Å²) in [6, 6.07) is 9.24. The first kappa shape index (κ1) is 19.1. The van der Waals surface area contributed by atoms with E-state index in [2.05, 4.69) is 20.9 Å². The number of carbonyl (C=O) groups excluding carboxylic acids is 1. The van der Waals surface area contributed by atoms with Crippen LogP contribution in [0.3, 0.4) is 0 Å². The molecule has 2 aromatic carbocycles. The highest BCUT2D eigenvalue weighted by Crippen LogP contribution is 2.33. The lowest BCUT2D eigenvalue weighted by atomic mass is 10.1. The Morgan fingerprint density at radius 1 is 1.03 bits per heavy atom. The number of alkyl halides is 3. The highest BCUT2D eigenvalue weighted by atomic mass is 19.4. The molecule has 1 aliphatic heterocycles. The van der Waals surface area contributed by atoms with Crippen LogP contribution < -0.4 is 20.9 Å². The van der Waals surface area contributed by atoms with Gasteiger partial charge in [0.25, 0.3) is 0 Å². The number of urea groups is 1. The van der Waals surface area contributed by atoms with Crippen molar-refractivity contribution in [2.75, 3.05) is 41.7 Å². The van der Waals surface area contributed by atoms with Crippen molar-refractivity contribution in [3.63, 3.8) is 0 Å². The lowest BCUT2D eigenvalue weighted by molar-refractivity contribution is -0.137. The van der Waals surface area contributed by atoms with Gasteiger partial charge in [0, 0.05) is 42.9 Å². The van der Waals surface area contributed by atoms with Gasteiger partial charge in [-0.25, -0.2) is 4.79 Å². The van der Waals surface area contributed by atoms with Crippen LogP contribution in [0.2, 0.25) is 0 Å². The van der Waals surface area contributed by atoms with Crippen LogP contribution in [0.25, 0.3) is 11.0 Å². The molecule has 1 aliphatic rings. The van der Waals surface area contributed by atoms with E-state index in [0.29, 0.717) is 5.69 Å². The molecule has 152 valence electrons. The molecule has 0 bridgehead atoms. The number of carbonyl (C=O) groups is 1. The lowest BCUT2D eigenvalue weighted by Crippen LogP contribution is -2.43. The molecule has 3 aromatic rings. The van der Waals surface area contributed by atoms with Gasteiger partial charge in [0.05, 0.1) is 17.5 Å². The van der Waals surface area contributed by atoms with Gasteiger partial charge >= 0.3 is 12.2 Å². The first-order chi connectivity index (χ1) is 13.9. The Hall–Kier alpha value is -3.20. The van der Waals surface area contributed by atoms with Crippen LogP contribution in [0, 0.1) is 0 Å². The number of amides is 2. The Labute approximate surface area is 164 Å². The predicted octanol–water partition coefficient (Wildman–Crippen LogP) is 4.51. The third-order valence-corrected chi connectivity index (χ3v) is 4.69. The first-order valence-electron chi connectivity index (χ1n) is 9.12. The molecule has 0 atom stereocenters. The summed E-state index contributed by atoms with van der Waals surface area (Å²) in [7, 11) is 0. The number of nitrogens with zero attached hydrogens (tertiary/aromatic N) is 1. The van der Waals surface area contributed by atoms with Gasteiger partial charge in [-0.15, -0.1) is 0 Å². The molecule has 3 N–H and O–H groups in total. The maximum atomic E-state index is 12.8. The topological polar surface area (TPSA) is 69.5 Å². The van der Waals surface area contributed by atoms with E-state index in [4.69, 9.17) is 4.42 Å². The highest BCUT2D eigenvalue weighted by molar-refractivity contribution is 6.02. The van der Waals surface area contributed by atoms with Crippen molar-refractivity contribution in [1.29, 1.82) is 0 Å². The molecule has 0 radical (unpaired) electrons. The average molecular weight is 404 g/mol. The minimum absolute atomic E-state index is 0.0593. The molecule has 6 nitrogen and oxygen atoms in total. The fourth-order valence-electron chi connectivity index (χ4n) is 3.34. The van der Waals surface area contributed by atoms with Crippen LogP contribution in [-0.4, -0.2) is 32.2 Å². The maximum absolute atomic E-state index is 12.8. The Bertz CT molecular complexity index is 1030. The number of furan rings is 1. The number of piperazine rings is 1. The van der Waals surface area contributed by atoms with E-state index in [1.165, 1.54) is 12.1 Å². The number of fused-ring (bicyclic) bond motifs is 1. The monoisotopic (exact) mass is 404 g/mol. The van der Waals surface area contributed by atoms with Gasteiger partial charge in [0.1, 0.15) is 0 Å². The van der Waals surface area contributed by atoms with E-state index >= 15 is 0 Å². The normalized spacial score (nSPS) is 14.8. The molecular weight excluding hydrogens is 385 g/mol. The minimum Gasteiger partial charge on any atom is -0.462 e. The molecule has 1 saturated heterocycles. The van der Waals surface area contributed by atoms with Gasteiger partial charge in [-0.3, -0.25) is 0 Å². The molecule has 9 heteroatoms. The Kier molecular flexibility index (Phi) is 5.06. The molecular formula is C20H19F3N4O2. The summed E-state index contributed by atoms with van der Waals surface area (Å²) in [6.07, 6.45) is -2.89. The first-order valence-corrected chi connectivity index (χ1v) is 9.12. The van der Waals surface area contributed by atoms with Crippen molar-refractivity contribution in [2.45, 2.75) is 6.18 Å². The molecule has 2 amide bonds. The largest absolute Gasteiger partial charge is 0.462 e. The number of hydrogen-bond acceptors (Lipinski definition) is 4. The lowest BCUT2D eigenvalue weighted by Gasteiger charge is -2.29. The number of nitrogens with one attached hydrogen (secondary N) is 3. The molecule has 1 aromatic heterocycles. The van der Waals surface area contributed by atoms with E-state index in [1.54, 1.807) is 18.4 Å². The summed E-state index contributed by atoms with van der Waals surface area (Å²) >= 11 is 0. The summed E-state index contributed by atoms with van der Waals surface area (Å²) in [5.74, 6) is 0. The van der Waals surface area contributed by atoms with Crippen LogP contribution in [0.1, 0.15) is 5.56 Å². The van der Waals surface area contributed by atoms with Crippen molar-refractivity contribution in [1.82, 2.24) is 5.32 Å². The summed E-state index contributed by atoms with van der Waals surface area (Å²) in [5.41, 5.74) is 1.36. The summed E-state index contributed by atoms with van der Waals surface area (Å²) < 4.78 is 44.1. The fourth-order valence-corrected chi connectivity index (χ4v) is 3.34. The SMILES string of the molecule is O=C(Nc1cccc(C(F)(F)F)c1)Nc1cc(N2CCNCC2)c2occc2c1. The Morgan fingerprint density at radius 2 is 1.79 bits per heavy atom. The second kappa shape index (κ2) is 7.67. The molecule has 4 rings (SSSR count). The minimum atomic E-state index is -4.47. The van der Waals surface area contributed by atoms with Crippen molar-refractivity contribution in [2.24, 2.45) is 0 Å². The fraction of sp³-hybridized carbons (Fsp3) is 0.250. The molecule has 0 unspecified atom stereocenters. The zero-order chi connectivity index (χ0) is 20.4. The predicted molar refractivity (Wildman–Crippen MR) is 105 cm³/mol. The zero-order valence-corrected chi connectivity index (χ0v) is 15.3. The number of benzene rings is 2. The number of anilines is 3. The van der Waals surface area contributed by atoms with E-state index in [0.717, 1.165) is 55.0 Å². The summed E-state index contributed by atoms with van der Waals surface area (Å²) in [5, 5.41) is 9.25. The van der Waals surface area contributed by atoms with Crippen molar-refractivity contribution < 1.29 is 22.4 Å². The second-order valence-electron chi connectivity index (χ2n) is 6.73. The van der Waals surface area contributed by atoms with Gasteiger partial charge in [0.15, 0.2) is 5.58 Å². The van der Waals surface area contributed by atoms with Gasteiger partial charge in [0.2, 0.25) is 0 Å². The van der Waals surface area contributed by atoms with Gasteiger partial charge in [-0.05, 0) is 36.4 Å². The number of halogens is 3. The average Bonchev–Trinajstić information content (AvgIpc) is 3.16. The third-order valence-electron chi connectivity index (χ3n) is 4.69. The summed E-state index contributed by atoms with van der Waals surface area (Å²) in [4.78, 5) is 14.5. The molecule has 0 aliphatic carbocycles. The standard InChI is InChI=1S/C20H19F3N4O2/c21-20(22,23)14-2-1-3-15(11-14)25-19(28)26-16-10-13-4-9-29-18(13)17(12-16)27-7-5-24-6-8-27/h1-4,9-12,24H,5-8H2,(H2,25,26,28). The van der Waals surface area contributed by atoms with Gasteiger partial charge in [-0.2, -0.15) is 13.2 Å². The van der Waals surface area contributed by atoms with Gasteiger partial charge in [-0.1, -0.05) is 6.07 Å². The second-order valence-corrected chi connectivity index (χ2v) is 6.73. The highest BCUT2D eigenvalue weighted by Gasteiger charge is 2.30. The zero-order valence-electron chi connectivity index (χ0n) is 15.3. The van der Waals surface area contributed by atoms with Crippen LogP contribution >= 0.6 is 0 Å². The van der Waals surface area contributed by atoms with Crippen LogP contribution in [0.5, 0.6) is 0 Å². The smallest absolute Gasteiger partial charge is 0.416 e. The molecule has 0 saturated carbocycles. The van der Waals surface area contributed by atoms with E-state index < -0.39 is 17.8 Å². The van der Waals surface area contributed by atoms with E-state index in [1.807, 2.05) is 6.07 Å².